The van der Waals surface area contributed by atoms with Gasteiger partial charge in [0.25, 0.3) is 0 Å². The molecule has 9 heteroatoms. The second kappa shape index (κ2) is 10.3. The fraction of sp³-hybridized carbons (Fsp3) is 0.227. The number of hydrogen-bond donors (Lipinski definition) is 2. The number of carbonyl (C=O) groups is 1. The molecule has 0 saturated carbocycles. The Bertz CT molecular complexity index is 1070. The first kappa shape index (κ1) is 22.6. The minimum absolute atomic E-state index is 0.203. The van der Waals surface area contributed by atoms with Gasteiger partial charge < -0.3 is 13.8 Å². The van der Waals surface area contributed by atoms with Crippen LogP contribution in [0.3, 0.4) is 0 Å². The number of rotatable bonds is 10. The number of fused-ring (bicyclic) bond motifs is 1. The Morgan fingerprint density at radius 1 is 1.00 bits per heavy atom. The van der Waals surface area contributed by atoms with Gasteiger partial charge in [0.2, 0.25) is 0 Å². The van der Waals surface area contributed by atoms with Gasteiger partial charge in [-0.1, -0.05) is 36.4 Å². The Morgan fingerprint density at radius 3 is 2.42 bits per heavy atom. The van der Waals surface area contributed by atoms with Crippen LogP contribution >= 0.6 is 7.75 Å². The lowest BCUT2D eigenvalue weighted by Crippen LogP contribution is -2.35. The Morgan fingerprint density at radius 2 is 1.71 bits per heavy atom. The van der Waals surface area contributed by atoms with Crippen molar-refractivity contribution in [2.75, 3.05) is 19.2 Å². The molecule has 0 spiro atoms. The van der Waals surface area contributed by atoms with E-state index in [1.54, 1.807) is 43.3 Å². The monoisotopic (exact) mass is 444 g/mol. The van der Waals surface area contributed by atoms with Gasteiger partial charge in [0.1, 0.15) is 17.5 Å². The van der Waals surface area contributed by atoms with Crippen molar-refractivity contribution in [3.63, 3.8) is 0 Å². The quantitative estimate of drug-likeness (QED) is 0.259. The minimum Gasteiger partial charge on any atom is -0.465 e. The number of anilines is 1. The summed E-state index contributed by atoms with van der Waals surface area (Å²) in [5.41, 5.74) is 3.37. The van der Waals surface area contributed by atoms with Crippen LogP contribution in [-0.2, 0) is 18.9 Å². The summed E-state index contributed by atoms with van der Waals surface area (Å²) in [6.07, 6.45) is 0. The standard InChI is InChI=1S/C22H25N2O6P/c1-4-28-22(25)16(2)24-31(26,29-19-14-12-18(13-15-19)23-27-3)30-21-11-7-9-17-8-5-6-10-20(17)21/h5-16,23H,4H2,1-3H3,(H,24,26)/t16-,31+/m0/s1. The Balaban J connectivity index is 1.91. The molecule has 2 N–H and O–H groups in total. The predicted octanol–water partition coefficient (Wildman–Crippen LogP) is 4.92. The van der Waals surface area contributed by atoms with Crippen molar-refractivity contribution < 1.29 is 28.0 Å². The molecule has 3 aromatic carbocycles. The molecule has 0 saturated heterocycles. The molecule has 2 atom stereocenters. The van der Waals surface area contributed by atoms with E-state index in [1.807, 2.05) is 30.3 Å². The van der Waals surface area contributed by atoms with Crippen molar-refractivity contribution in [2.24, 2.45) is 0 Å². The number of esters is 1. The Kier molecular flexibility index (Phi) is 7.52. The molecule has 0 aliphatic heterocycles. The molecule has 0 unspecified atom stereocenters. The van der Waals surface area contributed by atoms with E-state index in [2.05, 4.69) is 10.6 Å². The molecule has 0 radical (unpaired) electrons. The summed E-state index contributed by atoms with van der Waals surface area (Å²) in [5.74, 6) is 0.0870. The second-order valence-electron chi connectivity index (χ2n) is 6.59. The molecule has 0 heterocycles. The van der Waals surface area contributed by atoms with Crippen LogP contribution in [-0.4, -0.2) is 25.7 Å². The van der Waals surface area contributed by atoms with E-state index in [0.717, 1.165) is 10.8 Å². The van der Waals surface area contributed by atoms with Crippen LogP contribution < -0.4 is 19.6 Å². The zero-order valence-electron chi connectivity index (χ0n) is 17.5. The zero-order valence-corrected chi connectivity index (χ0v) is 18.4. The third-order valence-corrected chi connectivity index (χ3v) is 5.85. The van der Waals surface area contributed by atoms with Gasteiger partial charge in [0.05, 0.1) is 19.4 Å². The smallest absolute Gasteiger partial charge is 0.465 e. The molecule has 0 bridgehead atoms. The van der Waals surface area contributed by atoms with Crippen molar-refractivity contribution in [1.29, 1.82) is 0 Å². The Hall–Kier alpha value is -3.06. The lowest BCUT2D eigenvalue weighted by atomic mass is 10.1. The highest BCUT2D eigenvalue weighted by Crippen LogP contribution is 2.47. The SMILES string of the molecule is CCOC(=O)[C@H](C)N[P@@](=O)(Oc1ccc(NOC)cc1)Oc1cccc2ccccc12. The first-order chi connectivity index (χ1) is 14.9. The lowest BCUT2D eigenvalue weighted by Gasteiger charge is -2.23. The molecule has 0 amide bonds. The number of nitrogens with one attached hydrogen (secondary N) is 2. The maximum atomic E-state index is 13.7. The largest absolute Gasteiger partial charge is 0.513 e. The molecule has 0 aliphatic rings. The molecule has 0 aliphatic carbocycles. The first-order valence-corrected chi connectivity index (χ1v) is 11.3. The average Bonchev–Trinajstić information content (AvgIpc) is 2.75. The van der Waals surface area contributed by atoms with Crippen molar-refractivity contribution in [2.45, 2.75) is 19.9 Å². The Labute approximate surface area is 181 Å². The maximum Gasteiger partial charge on any atom is 0.513 e. The fourth-order valence-corrected chi connectivity index (χ4v) is 4.41. The third-order valence-electron chi connectivity index (χ3n) is 4.26. The van der Waals surface area contributed by atoms with E-state index >= 15 is 0 Å². The van der Waals surface area contributed by atoms with Gasteiger partial charge in [-0.2, -0.15) is 5.09 Å². The van der Waals surface area contributed by atoms with Gasteiger partial charge >= 0.3 is 13.7 Å². The fourth-order valence-electron chi connectivity index (χ4n) is 2.87. The van der Waals surface area contributed by atoms with Crippen LogP contribution in [0.5, 0.6) is 11.5 Å². The molecular formula is C22H25N2O6P. The van der Waals surface area contributed by atoms with Gasteiger partial charge in [-0.3, -0.25) is 15.1 Å². The first-order valence-electron chi connectivity index (χ1n) is 9.74. The van der Waals surface area contributed by atoms with E-state index in [0.29, 0.717) is 11.4 Å². The van der Waals surface area contributed by atoms with Gasteiger partial charge in [0, 0.05) is 5.39 Å². The van der Waals surface area contributed by atoms with Crippen molar-refractivity contribution >= 4 is 30.2 Å². The molecule has 0 aromatic heterocycles. The summed E-state index contributed by atoms with van der Waals surface area (Å²) in [5, 5.41) is 4.36. The van der Waals surface area contributed by atoms with Crippen LogP contribution in [0.25, 0.3) is 10.8 Å². The summed E-state index contributed by atoms with van der Waals surface area (Å²) in [4.78, 5) is 17.0. The van der Waals surface area contributed by atoms with Gasteiger partial charge in [-0.05, 0) is 49.6 Å². The van der Waals surface area contributed by atoms with E-state index in [9.17, 15) is 9.36 Å². The highest BCUT2D eigenvalue weighted by Gasteiger charge is 2.34. The number of hydrogen-bond acceptors (Lipinski definition) is 7. The maximum absolute atomic E-state index is 13.7. The van der Waals surface area contributed by atoms with Crippen LogP contribution in [0.2, 0.25) is 0 Å². The molecule has 3 aromatic rings. The molecule has 0 fully saturated rings. The van der Waals surface area contributed by atoms with Crippen molar-refractivity contribution in [1.82, 2.24) is 5.09 Å². The van der Waals surface area contributed by atoms with Crippen molar-refractivity contribution in [3.05, 3.63) is 66.7 Å². The van der Waals surface area contributed by atoms with E-state index in [-0.39, 0.29) is 12.4 Å². The summed E-state index contributed by atoms with van der Waals surface area (Å²) >= 11 is 0. The van der Waals surface area contributed by atoms with Crippen LogP contribution in [0.15, 0.2) is 66.7 Å². The highest BCUT2D eigenvalue weighted by molar-refractivity contribution is 7.52. The van der Waals surface area contributed by atoms with E-state index in [4.69, 9.17) is 18.6 Å². The lowest BCUT2D eigenvalue weighted by molar-refractivity contribution is -0.144. The number of ether oxygens (including phenoxy) is 1. The second-order valence-corrected chi connectivity index (χ2v) is 8.21. The summed E-state index contributed by atoms with van der Waals surface area (Å²) in [6.45, 7) is 3.43. The van der Waals surface area contributed by atoms with E-state index in [1.165, 1.54) is 14.0 Å². The molecule has 31 heavy (non-hydrogen) atoms. The molecule has 164 valence electrons. The normalized spacial score (nSPS) is 13.8. The average molecular weight is 444 g/mol. The van der Waals surface area contributed by atoms with Crippen molar-refractivity contribution in [3.8, 4) is 11.5 Å². The topological polar surface area (TPSA) is 95.1 Å². The number of benzene rings is 3. The highest BCUT2D eigenvalue weighted by atomic mass is 31.2. The van der Waals surface area contributed by atoms with Crippen LogP contribution in [0.4, 0.5) is 5.69 Å². The summed E-state index contributed by atoms with van der Waals surface area (Å²) in [6, 6.07) is 18.6. The number of carbonyl (C=O) groups excluding carboxylic acids is 1. The zero-order chi connectivity index (χ0) is 22.3. The predicted molar refractivity (Wildman–Crippen MR) is 119 cm³/mol. The van der Waals surface area contributed by atoms with Crippen LogP contribution in [0, 0.1) is 0 Å². The van der Waals surface area contributed by atoms with E-state index < -0.39 is 19.8 Å². The van der Waals surface area contributed by atoms with Gasteiger partial charge in [-0.15, -0.1) is 0 Å². The van der Waals surface area contributed by atoms with Gasteiger partial charge in [-0.25, -0.2) is 4.57 Å². The van der Waals surface area contributed by atoms with Gasteiger partial charge in [0.15, 0.2) is 0 Å². The molecule has 8 nitrogen and oxygen atoms in total. The molecular weight excluding hydrogens is 419 g/mol. The summed E-state index contributed by atoms with van der Waals surface area (Å²) < 4.78 is 30.3. The van der Waals surface area contributed by atoms with Crippen LogP contribution in [0.1, 0.15) is 13.8 Å². The molecule has 3 rings (SSSR count). The summed E-state index contributed by atoms with van der Waals surface area (Å²) in [7, 11) is -2.54. The third kappa shape index (κ3) is 5.98. The minimum atomic E-state index is -4.03.